The van der Waals surface area contributed by atoms with Gasteiger partial charge in [0.1, 0.15) is 0 Å². The minimum Gasteiger partial charge on any atom is -0.268 e. The van der Waals surface area contributed by atoms with E-state index < -0.39 is 10.0 Å². The number of nitrogens with zero attached hydrogens (tertiary/aromatic N) is 3. The minimum absolute atomic E-state index is 0.128. The van der Waals surface area contributed by atoms with Crippen molar-refractivity contribution >= 4 is 32.7 Å². The summed E-state index contributed by atoms with van der Waals surface area (Å²) in [6, 6.07) is 22.1. The van der Waals surface area contributed by atoms with Crippen LogP contribution < -0.4 is 5.56 Å². The zero-order valence-electron chi connectivity index (χ0n) is 18.7. The number of aryl methyl sites for hydroxylation is 1. The lowest BCUT2D eigenvalue weighted by Crippen LogP contribution is -2.22. The smallest absolute Gasteiger partial charge is 0.266 e. The number of sulfonamides is 1. The molecule has 0 unspecified atom stereocenters. The third kappa shape index (κ3) is 4.73. The Bertz CT molecular complexity index is 1460. The molecule has 6 nitrogen and oxygen atoms in total. The second-order valence-corrected chi connectivity index (χ2v) is 10.9. The summed E-state index contributed by atoms with van der Waals surface area (Å²) >= 11 is 1.41. The van der Waals surface area contributed by atoms with E-state index in [0.717, 1.165) is 17.7 Å². The van der Waals surface area contributed by atoms with Crippen molar-refractivity contribution < 1.29 is 8.42 Å². The monoisotopic (exact) mass is 479 g/mol. The third-order valence-corrected chi connectivity index (χ3v) is 8.21. The van der Waals surface area contributed by atoms with Crippen LogP contribution in [0.3, 0.4) is 0 Å². The second-order valence-electron chi connectivity index (χ2n) is 7.80. The summed E-state index contributed by atoms with van der Waals surface area (Å²) < 4.78 is 27.8. The number of fused-ring (bicyclic) bond motifs is 1. The Morgan fingerprint density at radius 1 is 0.939 bits per heavy atom. The van der Waals surface area contributed by atoms with E-state index in [1.54, 1.807) is 28.8 Å². The van der Waals surface area contributed by atoms with Crippen molar-refractivity contribution in [2.75, 3.05) is 14.1 Å². The predicted molar refractivity (Wildman–Crippen MR) is 134 cm³/mol. The average molecular weight is 480 g/mol. The molecule has 8 heteroatoms. The maximum atomic E-state index is 13.4. The largest absolute Gasteiger partial charge is 0.268 e. The highest BCUT2D eigenvalue weighted by atomic mass is 32.2. The average Bonchev–Trinajstić information content (AvgIpc) is 2.83. The summed E-state index contributed by atoms with van der Waals surface area (Å²) in [5, 5.41) is 1.12. The van der Waals surface area contributed by atoms with Crippen molar-refractivity contribution in [3.8, 4) is 5.69 Å². The summed E-state index contributed by atoms with van der Waals surface area (Å²) in [5.74, 6) is 0.467. The van der Waals surface area contributed by atoms with Crippen molar-refractivity contribution in [1.29, 1.82) is 0 Å². The first-order chi connectivity index (χ1) is 15.8. The van der Waals surface area contributed by atoms with Crippen molar-refractivity contribution in [3.63, 3.8) is 0 Å². The van der Waals surface area contributed by atoms with Gasteiger partial charge in [-0.15, -0.1) is 0 Å². The van der Waals surface area contributed by atoms with E-state index in [4.69, 9.17) is 4.98 Å². The lowest BCUT2D eigenvalue weighted by Gasteiger charge is -2.14. The SMILES string of the molecule is CCc1ccc(-n2c(SCc3cccc(S(=O)(=O)N(C)C)c3)nc3ccccc3c2=O)cc1. The van der Waals surface area contributed by atoms with Crippen LogP contribution in [0.4, 0.5) is 0 Å². The highest BCUT2D eigenvalue weighted by molar-refractivity contribution is 7.98. The van der Waals surface area contributed by atoms with E-state index in [1.165, 1.54) is 35.7 Å². The topological polar surface area (TPSA) is 72.3 Å². The Hall–Kier alpha value is -2.94. The predicted octanol–water partition coefficient (Wildman–Crippen LogP) is 4.49. The molecular weight excluding hydrogens is 454 g/mol. The Labute approximate surface area is 198 Å². The Morgan fingerprint density at radius 3 is 2.36 bits per heavy atom. The molecule has 0 bridgehead atoms. The van der Waals surface area contributed by atoms with Crippen LogP contribution in [-0.2, 0) is 22.2 Å². The van der Waals surface area contributed by atoms with Gasteiger partial charge in [0.2, 0.25) is 10.0 Å². The molecule has 3 aromatic carbocycles. The van der Waals surface area contributed by atoms with E-state index in [1.807, 2.05) is 48.5 Å². The molecule has 4 rings (SSSR count). The first-order valence-electron chi connectivity index (χ1n) is 10.6. The van der Waals surface area contributed by atoms with Crippen LogP contribution in [0, 0.1) is 0 Å². The number of aromatic nitrogens is 2. The quantitative estimate of drug-likeness (QED) is 0.288. The molecule has 0 fully saturated rings. The summed E-state index contributed by atoms with van der Waals surface area (Å²) in [4.78, 5) is 18.4. The zero-order chi connectivity index (χ0) is 23.6. The highest BCUT2D eigenvalue weighted by Gasteiger charge is 2.18. The lowest BCUT2D eigenvalue weighted by molar-refractivity contribution is 0.520. The van der Waals surface area contributed by atoms with Crippen LogP contribution in [0.2, 0.25) is 0 Å². The van der Waals surface area contributed by atoms with Gasteiger partial charge in [0.05, 0.1) is 21.5 Å². The molecule has 1 aromatic heterocycles. The minimum atomic E-state index is -3.52. The molecule has 33 heavy (non-hydrogen) atoms. The molecular formula is C25H25N3O3S2. The summed E-state index contributed by atoms with van der Waals surface area (Å²) in [6.45, 7) is 2.09. The van der Waals surface area contributed by atoms with E-state index in [2.05, 4.69) is 6.92 Å². The molecule has 1 heterocycles. The third-order valence-electron chi connectivity index (χ3n) is 5.39. The second kappa shape index (κ2) is 9.51. The van der Waals surface area contributed by atoms with Gasteiger partial charge in [0, 0.05) is 19.8 Å². The molecule has 0 radical (unpaired) electrons. The first kappa shape index (κ1) is 23.2. The number of para-hydroxylation sites is 1. The molecule has 0 saturated carbocycles. The van der Waals surface area contributed by atoms with E-state index in [9.17, 15) is 13.2 Å². The summed E-state index contributed by atoms with van der Waals surface area (Å²) in [7, 11) is -0.498. The number of rotatable bonds is 7. The maximum Gasteiger partial charge on any atom is 0.266 e. The Kier molecular flexibility index (Phi) is 6.69. The van der Waals surface area contributed by atoms with Gasteiger partial charge in [-0.2, -0.15) is 0 Å². The van der Waals surface area contributed by atoms with Gasteiger partial charge < -0.3 is 0 Å². The molecule has 0 aliphatic rings. The Balaban J connectivity index is 1.75. The maximum absolute atomic E-state index is 13.4. The standard InChI is InChI=1S/C25H25N3O3S2/c1-4-18-12-14-20(15-13-18)28-24(29)22-10-5-6-11-23(22)26-25(28)32-17-19-8-7-9-21(16-19)33(30,31)27(2)3/h5-16H,4,17H2,1-3H3. The molecule has 0 spiro atoms. The number of thioether (sulfide) groups is 1. The van der Waals surface area contributed by atoms with Gasteiger partial charge in [-0.3, -0.25) is 9.36 Å². The fourth-order valence-electron chi connectivity index (χ4n) is 3.47. The van der Waals surface area contributed by atoms with E-state index in [0.29, 0.717) is 21.8 Å². The highest BCUT2D eigenvalue weighted by Crippen LogP contribution is 2.26. The normalized spacial score (nSPS) is 11.9. The van der Waals surface area contributed by atoms with Gasteiger partial charge in [0.15, 0.2) is 5.16 Å². The number of hydrogen-bond donors (Lipinski definition) is 0. The van der Waals surface area contributed by atoms with Crippen LogP contribution in [0.25, 0.3) is 16.6 Å². The van der Waals surface area contributed by atoms with Crippen LogP contribution >= 0.6 is 11.8 Å². The molecule has 0 N–H and O–H groups in total. The summed E-state index contributed by atoms with van der Waals surface area (Å²) in [5.41, 5.74) is 3.28. The van der Waals surface area contributed by atoms with Crippen LogP contribution in [0.15, 0.2) is 87.6 Å². The van der Waals surface area contributed by atoms with Gasteiger partial charge in [0.25, 0.3) is 5.56 Å². The lowest BCUT2D eigenvalue weighted by atomic mass is 10.1. The van der Waals surface area contributed by atoms with Crippen LogP contribution in [0.1, 0.15) is 18.1 Å². The first-order valence-corrected chi connectivity index (χ1v) is 13.0. The summed E-state index contributed by atoms with van der Waals surface area (Å²) in [6.07, 6.45) is 0.916. The molecule has 170 valence electrons. The van der Waals surface area contributed by atoms with Gasteiger partial charge >= 0.3 is 0 Å². The van der Waals surface area contributed by atoms with Gasteiger partial charge in [-0.1, -0.05) is 55.1 Å². The van der Waals surface area contributed by atoms with E-state index in [-0.39, 0.29) is 10.5 Å². The number of hydrogen-bond acceptors (Lipinski definition) is 5. The fourth-order valence-corrected chi connectivity index (χ4v) is 5.40. The molecule has 0 amide bonds. The molecule has 0 saturated heterocycles. The molecule has 0 atom stereocenters. The van der Waals surface area contributed by atoms with Gasteiger partial charge in [-0.25, -0.2) is 17.7 Å². The molecule has 0 aliphatic carbocycles. The Morgan fingerprint density at radius 2 is 1.67 bits per heavy atom. The van der Waals surface area contributed by atoms with Crippen molar-refractivity contribution in [2.45, 2.75) is 29.1 Å². The van der Waals surface area contributed by atoms with Crippen LogP contribution in [0.5, 0.6) is 0 Å². The van der Waals surface area contributed by atoms with Crippen molar-refractivity contribution in [2.24, 2.45) is 0 Å². The molecule has 0 aliphatic heterocycles. The molecule has 4 aromatic rings. The number of benzene rings is 3. The van der Waals surface area contributed by atoms with Crippen molar-refractivity contribution in [3.05, 3.63) is 94.3 Å². The van der Waals surface area contributed by atoms with Crippen molar-refractivity contribution in [1.82, 2.24) is 13.9 Å². The van der Waals surface area contributed by atoms with E-state index >= 15 is 0 Å². The zero-order valence-corrected chi connectivity index (χ0v) is 20.4. The fraction of sp³-hybridized carbons (Fsp3) is 0.200. The van der Waals surface area contributed by atoms with Crippen LogP contribution in [-0.4, -0.2) is 36.4 Å². The van der Waals surface area contributed by atoms with Gasteiger partial charge in [-0.05, 0) is 53.9 Å².